The Kier molecular flexibility index (Phi) is 4.78. The fraction of sp³-hybridized carbons (Fsp3) is 0.304. The first kappa shape index (κ1) is 19.1. The number of benzene rings is 1. The molecule has 0 spiro atoms. The highest BCUT2D eigenvalue weighted by Gasteiger charge is 2.35. The predicted molar refractivity (Wildman–Crippen MR) is 110 cm³/mol. The van der Waals surface area contributed by atoms with Gasteiger partial charge in [-0.25, -0.2) is 0 Å². The summed E-state index contributed by atoms with van der Waals surface area (Å²) < 4.78 is 7.96. The summed E-state index contributed by atoms with van der Waals surface area (Å²) in [7, 11) is 1.74. The van der Waals surface area contributed by atoms with E-state index < -0.39 is 0 Å². The lowest BCUT2D eigenvalue weighted by Crippen LogP contribution is -2.27. The van der Waals surface area contributed by atoms with E-state index >= 15 is 0 Å². The fourth-order valence-electron chi connectivity index (χ4n) is 3.77. The minimum absolute atomic E-state index is 0.186. The van der Waals surface area contributed by atoms with Crippen LogP contribution in [0.5, 0.6) is 0 Å². The first-order valence-corrected chi connectivity index (χ1v) is 9.76. The molecule has 0 radical (unpaired) electrons. The van der Waals surface area contributed by atoms with Crippen molar-refractivity contribution in [1.82, 2.24) is 14.8 Å². The maximum atomic E-state index is 13.1. The van der Waals surface area contributed by atoms with Crippen LogP contribution in [0.2, 0.25) is 0 Å². The minimum Gasteiger partial charge on any atom is -0.454 e. The van der Waals surface area contributed by atoms with Crippen molar-refractivity contribution in [2.45, 2.75) is 32.2 Å². The van der Waals surface area contributed by atoms with E-state index in [-0.39, 0.29) is 23.0 Å². The van der Waals surface area contributed by atoms with Crippen LogP contribution in [0.3, 0.4) is 0 Å². The number of para-hydroxylation sites is 1. The van der Waals surface area contributed by atoms with Gasteiger partial charge in [-0.15, -0.1) is 0 Å². The number of nitrogens with one attached hydrogen (secondary N) is 1. The normalized spacial score (nSPS) is 15.3. The number of fused-ring (bicyclic) bond motifs is 1. The molecule has 0 fully saturated rings. The molecule has 3 heterocycles. The summed E-state index contributed by atoms with van der Waals surface area (Å²) in [6.45, 7) is 5.07. The number of hydrogen-bond donors (Lipinski definition) is 1. The van der Waals surface area contributed by atoms with Gasteiger partial charge in [0.15, 0.2) is 5.76 Å². The summed E-state index contributed by atoms with van der Waals surface area (Å²) in [5.74, 6) is 0.344. The average molecular weight is 391 g/mol. The van der Waals surface area contributed by atoms with Crippen LogP contribution in [0.4, 0.5) is 0 Å². The Bertz CT molecular complexity index is 1050. The van der Waals surface area contributed by atoms with Crippen LogP contribution in [0.15, 0.2) is 59.3 Å². The van der Waals surface area contributed by atoms with Crippen LogP contribution in [-0.4, -0.2) is 34.9 Å². The largest absolute Gasteiger partial charge is 0.454 e. The molecule has 1 N–H and O–H groups in total. The smallest absolute Gasteiger partial charge is 0.289 e. The van der Waals surface area contributed by atoms with Crippen LogP contribution in [0.25, 0.3) is 5.69 Å². The molecule has 0 unspecified atom stereocenters. The maximum Gasteiger partial charge on any atom is 0.289 e. The molecule has 0 bridgehead atoms. The molecule has 2 aromatic heterocycles. The van der Waals surface area contributed by atoms with E-state index in [0.717, 1.165) is 17.7 Å². The standard InChI is InChI=1S/C23H25N3O3/c1-23(2)10-11-24-21(27)17-14-19(29-20(17)23)22(28)25(3)15-16-8-4-5-9-18(16)26-12-6-7-13-26/h4-9,12-14H,10-11,15H2,1-3H3,(H,24,27). The van der Waals surface area contributed by atoms with E-state index in [1.165, 1.54) is 0 Å². The Labute approximate surface area is 170 Å². The summed E-state index contributed by atoms with van der Waals surface area (Å²) in [4.78, 5) is 27.0. The van der Waals surface area contributed by atoms with Gasteiger partial charge in [0.2, 0.25) is 0 Å². The van der Waals surface area contributed by atoms with Gasteiger partial charge in [-0.1, -0.05) is 32.0 Å². The molecular formula is C23H25N3O3. The van der Waals surface area contributed by atoms with Gasteiger partial charge in [0, 0.05) is 49.7 Å². The third-order valence-corrected chi connectivity index (χ3v) is 5.47. The van der Waals surface area contributed by atoms with E-state index in [1.807, 2.05) is 67.2 Å². The van der Waals surface area contributed by atoms with Crippen molar-refractivity contribution in [2.75, 3.05) is 13.6 Å². The molecule has 3 aromatic rings. The molecule has 6 heteroatoms. The Balaban J connectivity index is 1.61. The molecule has 29 heavy (non-hydrogen) atoms. The zero-order valence-electron chi connectivity index (χ0n) is 16.9. The molecule has 6 nitrogen and oxygen atoms in total. The zero-order chi connectivity index (χ0) is 20.6. The van der Waals surface area contributed by atoms with Crippen molar-refractivity contribution in [3.05, 3.63) is 77.5 Å². The topological polar surface area (TPSA) is 67.5 Å². The van der Waals surface area contributed by atoms with Gasteiger partial charge < -0.3 is 19.2 Å². The van der Waals surface area contributed by atoms with Crippen molar-refractivity contribution in [3.8, 4) is 5.69 Å². The lowest BCUT2D eigenvalue weighted by atomic mass is 9.85. The second-order valence-corrected chi connectivity index (χ2v) is 8.12. The molecule has 1 aromatic carbocycles. The third-order valence-electron chi connectivity index (χ3n) is 5.47. The lowest BCUT2D eigenvalue weighted by Gasteiger charge is -2.21. The summed E-state index contributed by atoms with van der Waals surface area (Å²) in [6, 6.07) is 13.5. The second-order valence-electron chi connectivity index (χ2n) is 8.12. The van der Waals surface area contributed by atoms with Gasteiger partial charge >= 0.3 is 0 Å². The van der Waals surface area contributed by atoms with Crippen LogP contribution < -0.4 is 5.32 Å². The van der Waals surface area contributed by atoms with Gasteiger partial charge in [-0.05, 0) is 30.2 Å². The van der Waals surface area contributed by atoms with E-state index in [9.17, 15) is 9.59 Å². The Morgan fingerprint density at radius 2 is 1.93 bits per heavy atom. The van der Waals surface area contributed by atoms with Crippen molar-refractivity contribution >= 4 is 11.8 Å². The van der Waals surface area contributed by atoms with Crippen molar-refractivity contribution in [2.24, 2.45) is 0 Å². The number of furan rings is 1. The average Bonchev–Trinajstić information content (AvgIpc) is 3.36. The van der Waals surface area contributed by atoms with Crippen LogP contribution in [-0.2, 0) is 12.0 Å². The summed E-state index contributed by atoms with van der Waals surface area (Å²) in [6.07, 6.45) is 4.71. The number of rotatable bonds is 4. The van der Waals surface area contributed by atoms with Crippen LogP contribution >= 0.6 is 0 Å². The molecule has 0 saturated carbocycles. The number of nitrogens with zero attached hydrogens (tertiary/aromatic N) is 2. The lowest BCUT2D eigenvalue weighted by molar-refractivity contribution is 0.0749. The number of amides is 2. The summed E-state index contributed by atoms with van der Waals surface area (Å²) >= 11 is 0. The Hall–Kier alpha value is -3.28. The second kappa shape index (κ2) is 7.28. The SMILES string of the molecule is CN(Cc1ccccc1-n1cccc1)C(=O)c1cc2c(o1)C(C)(C)CCNC2=O. The third kappa shape index (κ3) is 3.58. The maximum absolute atomic E-state index is 13.1. The first-order valence-electron chi connectivity index (χ1n) is 9.76. The molecule has 150 valence electrons. The predicted octanol–water partition coefficient (Wildman–Crippen LogP) is 3.75. The van der Waals surface area contributed by atoms with Gasteiger partial charge in [0.05, 0.1) is 5.56 Å². The van der Waals surface area contributed by atoms with Crippen molar-refractivity contribution in [1.29, 1.82) is 0 Å². The van der Waals surface area contributed by atoms with E-state index in [0.29, 0.717) is 24.4 Å². The molecular weight excluding hydrogens is 366 g/mol. The number of carbonyl (C=O) groups excluding carboxylic acids is 2. The summed E-state index contributed by atoms with van der Waals surface area (Å²) in [5.41, 5.74) is 2.18. The van der Waals surface area contributed by atoms with E-state index in [2.05, 4.69) is 5.32 Å². The quantitative estimate of drug-likeness (QED) is 0.736. The van der Waals surface area contributed by atoms with Crippen LogP contribution in [0, 0.1) is 0 Å². The van der Waals surface area contributed by atoms with E-state index in [1.54, 1.807) is 18.0 Å². The molecule has 0 aliphatic carbocycles. The van der Waals surface area contributed by atoms with Gasteiger partial charge in [0.25, 0.3) is 11.8 Å². The minimum atomic E-state index is -0.313. The number of carbonyl (C=O) groups is 2. The molecule has 4 rings (SSSR count). The van der Waals surface area contributed by atoms with E-state index in [4.69, 9.17) is 4.42 Å². The van der Waals surface area contributed by atoms with Crippen molar-refractivity contribution < 1.29 is 14.0 Å². The highest BCUT2D eigenvalue weighted by atomic mass is 16.4. The molecule has 1 aliphatic heterocycles. The number of hydrogen-bond acceptors (Lipinski definition) is 3. The Morgan fingerprint density at radius 1 is 1.21 bits per heavy atom. The van der Waals surface area contributed by atoms with Crippen LogP contribution in [0.1, 0.15) is 52.5 Å². The van der Waals surface area contributed by atoms with Gasteiger partial charge in [0.1, 0.15) is 5.76 Å². The number of aromatic nitrogens is 1. The molecule has 0 atom stereocenters. The highest BCUT2D eigenvalue weighted by molar-refractivity contribution is 6.00. The zero-order valence-corrected chi connectivity index (χ0v) is 16.9. The molecule has 1 aliphatic rings. The van der Waals surface area contributed by atoms with Gasteiger partial charge in [-0.2, -0.15) is 0 Å². The molecule has 0 saturated heterocycles. The Morgan fingerprint density at radius 3 is 2.69 bits per heavy atom. The first-order chi connectivity index (χ1) is 13.9. The highest BCUT2D eigenvalue weighted by Crippen LogP contribution is 2.34. The van der Waals surface area contributed by atoms with Crippen molar-refractivity contribution in [3.63, 3.8) is 0 Å². The van der Waals surface area contributed by atoms with Gasteiger partial charge in [-0.3, -0.25) is 9.59 Å². The fourth-order valence-corrected chi connectivity index (χ4v) is 3.77. The summed E-state index contributed by atoms with van der Waals surface area (Å²) in [5, 5.41) is 2.87. The molecule has 2 amide bonds. The monoisotopic (exact) mass is 391 g/mol.